The molecule has 0 aromatic carbocycles. The molecule has 0 fully saturated rings. The van der Waals surface area contributed by atoms with Crippen LogP contribution < -0.4 is 5.73 Å². The highest BCUT2D eigenvalue weighted by molar-refractivity contribution is 5.05. The van der Waals surface area contributed by atoms with Gasteiger partial charge in [0.15, 0.2) is 0 Å². The molecule has 1 rings (SSSR count). The fraction of sp³-hybridized carbons (Fsp3) is 0.444. The van der Waals surface area contributed by atoms with Crippen LogP contribution in [-0.2, 0) is 6.42 Å². The average molecular weight is 182 g/mol. The maximum Gasteiger partial charge on any atom is 0.0925 e. The molecule has 0 saturated heterocycles. The Morgan fingerprint density at radius 3 is 2.77 bits per heavy atom. The van der Waals surface area contributed by atoms with Gasteiger partial charge in [0.2, 0.25) is 0 Å². The van der Waals surface area contributed by atoms with E-state index in [-0.39, 0.29) is 6.61 Å². The Morgan fingerprint density at radius 2 is 2.23 bits per heavy atom. The Labute approximate surface area is 77.0 Å². The molecule has 4 heteroatoms. The molecule has 0 aliphatic rings. The van der Waals surface area contributed by atoms with E-state index in [0.717, 1.165) is 5.69 Å². The molecule has 0 saturated carbocycles. The van der Waals surface area contributed by atoms with Crippen LogP contribution in [0.3, 0.4) is 0 Å². The maximum absolute atomic E-state index is 9.18. The Balaban J connectivity index is 2.50. The van der Waals surface area contributed by atoms with Crippen LogP contribution >= 0.6 is 0 Å². The number of nitrogens with two attached hydrogens (primary N) is 1. The lowest BCUT2D eigenvalue weighted by Gasteiger charge is -2.15. The molecule has 1 heterocycles. The van der Waals surface area contributed by atoms with Crippen molar-refractivity contribution in [3.63, 3.8) is 0 Å². The third-order valence-corrected chi connectivity index (χ3v) is 1.85. The van der Waals surface area contributed by atoms with Gasteiger partial charge < -0.3 is 15.9 Å². The van der Waals surface area contributed by atoms with E-state index in [0.29, 0.717) is 6.42 Å². The lowest BCUT2D eigenvalue weighted by Crippen LogP contribution is -2.39. The van der Waals surface area contributed by atoms with Crippen molar-refractivity contribution in [2.45, 2.75) is 18.6 Å². The number of hydrogen-bond acceptors (Lipinski definition) is 4. The lowest BCUT2D eigenvalue weighted by atomic mass is 10.1. The summed E-state index contributed by atoms with van der Waals surface area (Å²) in [6, 6.07) is 5.06. The fourth-order valence-corrected chi connectivity index (χ4v) is 1.03. The van der Waals surface area contributed by atoms with Gasteiger partial charge in [-0.2, -0.15) is 0 Å². The molecular formula is C9H14N2O2. The largest absolute Gasteiger partial charge is 0.394 e. The monoisotopic (exact) mass is 182 g/mol. The van der Waals surface area contributed by atoms with Crippen LogP contribution in [0, 0.1) is 0 Å². The highest BCUT2D eigenvalue weighted by Gasteiger charge is 2.14. The van der Waals surface area contributed by atoms with Crippen LogP contribution in [0.4, 0.5) is 0 Å². The topological polar surface area (TPSA) is 79.4 Å². The van der Waals surface area contributed by atoms with E-state index in [4.69, 9.17) is 10.8 Å². The smallest absolute Gasteiger partial charge is 0.0925 e. The van der Waals surface area contributed by atoms with Crippen molar-refractivity contribution < 1.29 is 10.2 Å². The summed E-state index contributed by atoms with van der Waals surface area (Å²) in [5, 5.41) is 17.8. The summed E-state index contributed by atoms with van der Waals surface area (Å²) in [7, 11) is 0. The van der Waals surface area contributed by atoms with Crippen molar-refractivity contribution in [1.29, 1.82) is 0 Å². The molecule has 4 nitrogen and oxygen atoms in total. The number of aliphatic hydroxyl groups excluding tert-OH is 2. The van der Waals surface area contributed by atoms with Crippen LogP contribution in [-0.4, -0.2) is 33.9 Å². The lowest BCUT2D eigenvalue weighted by molar-refractivity contribution is 0.0740. The molecule has 0 unspecified atom stereocenters. The zero-order valence-corrected chi connectivity index (χ0v) is 7.30. The van der Waals surface area contributed by atoms with Crippen molar-refractivity contribution in [1.82, 2.24) is 4.98 Å². The van der Waals surface area contributed by atoms with E-state index in [1.54, 1.807) is 6.20 Å². The van der Waals surface area contributed by atoms with Crippen molar-refractivity contribution in [3.8, 4) is 0 Å². The van der Waals surface area contributed by atoms with Crippen LogP contribution in [0.5, 0.6) is 0 Å². The molecule has 0 spiro atoms. The predicted octanol–water partition coefficient (Wildman–Crippen LogP) is -0.695. The van der Waals surface area contributed by atoms with Crippen LogP contribution in [0.1, 0.15) is 5.69 Å². The van der Waals surface area contributed by atoms with Gasteiger partial charge in [0.25, 0.3) is 0 Å². The highest BCUT2D eigenvalue weighted by Crippen LogP contribution is 2.00. The molecule has 2 atom stereocenters. The minimum atomic E-state index is -0.873. The molecule has 0 aliphatic carbocycles. The molecule has 72 valence electrons. The standard InChI is InChI=1S/C9H14N2O2/c10-8(9(13)6-12)5-7-3-1-2-4-11-7/h1-4,8-9,12-13H,5-6,10H2/t8-,9-/m1/s1. The van der Waals surface area contributed by atoms with Gasteiger partial charge in [0.1, 0.15) is 0 Å². The summed E-state index contributed by atoms with van der Waals surface area (Å²) in [6.45, 7) is -0.312. The van der Waals surface area contributed by atoms with Gasteiger partial charge in [-0.3, -0.25) is 4.98 Å². The molecule has 1 aromatic heterocycles. The first-order chi connectivity index (χ1) is 6.24. The van der Waals surface area contributed by atoms with Crippen molar-refractivity contribution in [2.24, 2.45) is 5.73 Å². The van der Waals surface area contributed by atoms with Crippen molar-refractivity contribution in [2.75, 3.05) is 6.61 Å². The van der Waals surface area contributed by atoms with Gasteiger partial charge in [-0.1, -0.05) is 6.07 Å². The van der Waals surface area contributed by atoms with E-state index in [1.807, 2.05) is 18.2 Å². The average Bonchev–Trinajstić information content (AvgIpc) is 2.18. The molecule has 13 heavy (non-hydrogen) atoms. The molecule has 0 aliphatic heterocycles. The number of nitrogens with zero attached hydrogens (tertiary/aromatic N) is 1. The van der Waals surface area contributed by atoms with E-state index < -0.39 is 12.1 Å². The number of hydrogen-bond donors (Lipinski definition) is 3. The molecule has 0 amide bonds. The Kier molecular flexibility index (Phi) is 3.82. The van der Waals surface area contributed by atoms with Gasteiger partial charge in [-0.05, 0) is 12.1 Å². The molecule has 0 radical (unpaired) electrons. The van der Waals surface area contributed by atoms with E-state index in [9.17, 15) is 5.11 Å². The third-order valence-electron chi connectivity index (χ3n) is 1.85. The minimum absolute atomic E-state index is 0.312. The van der Waals surface area contributed by atoms with Crippen LogP contribution in [0.25, 0.3) is 0 Å². The second-order valence-electron chi connectivity index (χ2n) is 2.94. The third kappa shape index (κ3) is 3.10. The summed E-state index contributed by atoms with van der Waals surface area (Å²) in [4.78, 5) is 4.06. The van der Waals surface area contributed by atoms with Crippen LogP contribution in [0.15, 0.2) is 24.4 Å². The predicted molar refractivity (Wildman–Crippen MR) is 49.0 cm³/mol. The van der Waals surface area contributed by atoms with E-state index in [1.165, 1.54) is 0 Å². The van der Waals surface area contributed by atoms with Crippen molar-refractivity contribution >= 4 is 0 Å². The number of aromatic nitrogens is 1. The highest BCUT2D eigenvalue weighted by atomic mass is 16.3. The number of aliphatic hydroxyl groups is 2. The zero-order valence-electron chi connectivity index (χ0n) is 7.30. The second-order valence-corrected chi connectivity index (χ2v) is 2.94. The van der Waals surface area contributed by atoms with Gasteiger partial charge in [-0.25, -0.2) is 0 Å². The Hall–Kier alpha value is -0.970. The molecule has 4 N–H and O–H groups in total. The first-order valence-electron chi connectivity index (χ1n) is 4.18. The normalized spacial score (nSPS) is 15.3. The van der Waals surface area contributed by atoms with Crippen LogP contribution in [0.2, 0.25) is 0 Å². The van der Waals surface area contributed by atoms with Gasteiger partial charge >= 0.3 is 0 Å². The van der Waals surface area contributed by atoms with Gasteiger partial charge in [0.05, 0.1) is 12.7 Å². The van der Waals surface area contributed by atoms with Crippen molar-refractivity contribution in [3.05, 3.63) is 30.1 Å². The fourth-order valence-electron chi connectivity index (χ4n) is 1.03. The summed E-state index contributed by atoms with van der Waals surface area (Å²) in [5.74, 6) is 0. The van der Waals surface area contributed by atoms with E-state index >= 15 is 0 Å². The minimum Gasteiger partial charge on any atom is -0.394 e. The quantitative estimate of drug-likeness (QED) is 0.575. The second kappa shape index (κ2) is 4.91. The summed E-state index contributed by atoms with van der Waals surface area (Å²) in [6.07, 6.45) is 1.28. The SMILES string of the molecule is N[C@H](Cc1ccccn1)[C@H](O)CO. The zero-order chi connectivity index (χ0) is 9.68. The van der Waals surface area contributed by atoms with Gasteiger partial charge in [0, 0.05) is 24.4 Å². The first-order valence-corrected chi connectivity index (χ1v) is 4.18. The molecular weight excluding hydrogens is 168 g/mol. The summed E-state index contributed by atoms with van der Waals surface area (Å²) in [5.41, 5.74) is 6.43. The first kappa shape index (κ1) is 10.1. The molecule has 1 aromatic rings. The Morgan fingerprint density at radius 1 is 1.46 bits per heavy atom. The summed E-state index contributed by atoms with van der Waals surface area (Å²) >= 11 is 0. The number of pyridine rings is 1. The Bertz CT molecular complexity index is 241. The maximum atomic E-state index is 9.18. The van der Waals surface area contributed by atoms with E-state index in [2.05, 4.69) is 4.98 Å². The van der Waals surface area contributed by atoms with Gasteiger partial charge in [-0.15, -0.1) is 0 Å². The molecule has 0 bridgehead atoms. The summed E-state index contributed by atoms with van der Waals surface area (Å²) < 4.78 is 0. The number of rotatable bonds is 4.